The van der Waals surface area contributed by atoms with Gasteiger partial charge >= 0.3 is 5.97 Å². The zero-order valence-electron chi connectivity index (χ0n) is 21.3. The van der Waals surface area contributed by atoms with E-state index in [0.29, 0.717) is 40.3 Å². The number of aromatic amines is 1. The first-order valence-electron chi connectivity index (χ1n) is 11.1. The molecule has 0 unspecified atom stereocenters. The number of benzene rings is 2. The number of unbranched alkanes of at least 4 members (excludes halogenated alkanes) is 1. The molecule has 0 bridgehead atoms. The first-order valence-corrected chi connectivity index (χ1v) is 11.1. The number of carbonyl (C=O) groups excluding carboxylic acids is 1. The maximum atomic E-state index is 13.3. The Labute approximate surface area is 298 Å². The maximum absolute atomic E-state index is 13.3. The number of carboxylic acid groups (broad SMARTS) is 1. The molecule has 4 aromatic rings. The molecule has 0 fully saturated rings. The molecule has 0 aliphatic heterocycles. The normalized spacial score (nSPS) is 10.3. The van der Waals surface area contributed by atoms with Crippen molar-refractivity contribution in [2.24, 2.45) is 5.73 Å². The molecule has 4 N–H and O–H groups in total. The average Bonchev–Trinajstić information content (AvgIpc) is 3.39. The maximum Gasteiger partial charge on any atom is 0.336 e. The van der Waals surface area contributed by atoms with Crippen molar-refractivity contribution < 1.29 is 14.7 Å². The number of hydrogen-bond acceptors (Lipinski definition) is 6. The molecular formula is C25H24K2N6O4. The number of amides is 1. The summed E-state index contributed by atoms with van der Waals surface area (Å²) in [4.78, 5) is 37.5. The van der Waals surface area contributed by atoms with Crippen molar-refractivity contribution in [3.63, 3.8) is 0 Å². The van der Waals surface area contributed by atoms with Gasteiger partial charge in [0, 0.05) is 131 Å². The minimum absolute atomic E-state index is 0. The van der Waals surface area contributed by atoms with Gasteiger partial charge < -0.3 is 10.8 Å². The van der Waals surface area contributed by atoms with E-state index in [1.165, 1.54) is 17.6 Å². The summed E-state index contributed by atoms with van der Waals surface area (Å²) in [6.45, 7) is 3.49. The third-order valence-corrected chi connectivity index (χ3v) is 5.87. The quantitative estimate of drug-likeness (QED) is 0.284. The molecule has 0 saturated carbocycles. The van der Waals surface area contributed by atoms with Crippen LogP contribution in [0.25, 0.3) is 28.2 Å². The van der Waals surface area contributed by atoms with Crippen molar-refractivity contribution >= 4 is 115 Å². The molecular weight excluding hydrogens is 527 g/mol. The molecule has 0 spiro atoms. The summed E-state index contributed by atoms with van der Waals surface area (Å²) < 4.78 is 1.46. The number of aryl methyl sites for hydroxylation is 1. The van der Waals surface area contributed by atoms with Gasteiger partial charge in [-0.05, 0) is 54.3 Å². The van der Waals surface area contributed by atoms with Gasteiger partial charge in [0.25, 0.3) is 5.56 Å². The fourth-order valence-corrected chi connectivity index (χ4v) is 4.10. The molecule has 37 heavy (non-hydrogen) atoms. The van der Waals surface area contributed by atoms with Crippen LogP contribution in [0, 0.1) is 6.92 Å². The molecule has 2 aromatic carbocycles. The van der Waals surface area contributed by atoms with E-state index in [1.54, 1.807) is 24.3 Å². The Morgan fingerprint density at radius 1 is 1.03 bits per heavy atom. The predicted octanol–water partition coefficient (Wildman–Crippen LogP) is 2.37. The summed E-state index contributed by atoms with van der Waals surface area (Å²) in [5.74, 6) is -1.47. The van der Waals surface area contributed by atoms with Gasteiger partial charge in [-0.3, -0.25) is 14.2 Å². The van der Waals surface area contributed by atoms with Gasteiger partial charge in [0.2, 0.25) is 11.7 Å². The molecule has 12 heteroatoms. The second-order valence-electron chi connectivity index (χ2n) is 8.10. The van der Waals surface area contributed by atoms with Crippen LogP contribution in [0.1, 0.15) is 51.7 Å². The zero-order valence-corrected chi connectivity index (χ0v) is 27.5. The Hall–Kier alpha value is -1.33. The second-order valence-corrected chi connectivity index (χ2v) is 8.10. The van der Waals surface area contributed by atoms with Crippen molar-refractivity contribution in [2.45, 2.75) is 33.1 Å². The Kier molecular flexibility index (Phi) is 12.2. The van der Waals surface area contributed by atoms with E-state index < -0.39 is 17.4 Å². The van der Waals surface area contributed by atoms with Gasteiger partial charge in [0.1, 0.15) is 0 Å². The van der Waals surface area contributed by atoms with E-state index in [4.69, 9.17) is 5.73 Å². The molecule has 10 nitrogen and oxygen atoms in total. The monoisotopic (exact) mass is 550 g/mol. The van der Waals surface area contributed by atoms with Crippen molar-refractivity contribution in [3.05, 3.63) is 81.3 Å². The minimum atomic E-state index is -1.16. The number of aromatic carboxylic acids is 1. The number of rotatable bonds is 8. The summed E-state index contributed by atoms with van der Waals surface area (Å²) in [7, 11) is 0. The molecule has 0 aliphatic carbocycles. The number of primary amides is 1. The molecule has 0 saturated heterocycles. The summed E-state index contributed by atoms with van der Waals surface area (Å²) >= 11 is 0. The van der Waals surface area contributed by atoms with Crippen LogP contribution in [0.15, 0.2) is 53.3 Å². The number of nitrogens with two attached hydrogens (primary N) is 1. The largest absolute Gasteiger partial charge is 0.478 e. The van der Waals surface area contributed by atoms with Gasteiger partial charge in [0.05, 0.1) is 5.56 Å². The van der Waals surface area contributed by atoms with E-state index in [-0.39, 0.29) is 119 Å². The van der Waals surface area contributed by atoms with Crippen LogP contribution in [0.5, 0.6) is 0 Å². The second kappa shape index (κ2) is 14.2. The standard InChI is InChI=1S/C25H24N6O4.2K/c1-3-4-7-15-12-20(25(34)35)14(2)24(33)31(15)16-10-11-18(21(13-16)22(26)32)17-8-5-6-9-19(17)23-27-29-30-28-23;;/h5-6,8-13H,3-4,7H2,1-2H3,(H2,26,32)(H,34,35)(H,27,28,29,30);;. The Balaban J connectivity index is 0.00000241. The molecule has 2 radical (unpaired) electrons. The number of tetrazole rings is 1. The van der Waals surface area contributed by atoms with E-state index in [0.717, 1.165) is 12.8 Å². The number of pyridine rings is 1. The topological polar surface area (TPSA) is 157 Å². The zero-order chi connectivity index (χ0) is 25.1. The summed E-state index contributed by atoms with van der Waals surface area (Å²) in [5.41, 5.74) is 8.44. The van der Waals surface area contributed by atoms with Gasteiger partial charge in [0.15, 0.2) is 0 Å². The van der Waals surface area contributed by atoms with E-state index in [1.807, 2.05) is 25.1 Å². The van der Waals surface area contributed by atoms with Crippen molar-refractivity contribution in [1.82, 2.24) is 25.2 Å². The molecule has 0 aliphatic rings. The van der Waals surface area contributed by atoms with Gasteiger partial charge in [-0.2, -0.15) is 5.21 Å². The van der Waals surface area contributed by atoms with Crippen LogP contribution in [0.2, 0.25) is 0 Å². The SMILES string of the molecule is CCCCc1cc(C(=O)O)c(C)c(=O)n1-c1ccc(-c2ccccc2-c2nn[nH]n2)c(C(N)=O)c1.[K].[K]. The molecule has 2 heterocycles. The van der Waals surface area contributed by atoms with E-state index in [9.17, 15) is 19.5 Å². The van der Waals surface area contributed by atoms with Gasteiger partial charge in [-0.1, -0.05) is 43.7 Å². The Bertz CT molecular complexity index is 1490. The van der Waals surface area contributed by atoms with Gasteiger partial charge in [-0.25, -0.2) is 4.79 Å². The van der Waals surface area contributed by atoms with Crippen LogP contribution >= 0.6 is 0 Å². The van der Waals surface area contributed by atoms with Crippen LogP contribution in [-0.2, 0) is 6.42 Å². The molecule has 2 aromatic heterocycles. The molecule has 1 amide bonds. The third kappa shape index (κ3) is 6.82. The average molecular weight is 551 g/mol. The first-order chi connectivity index (χ1) is 16.8. The van der Waals surface area contributed by atoms with E-state index in [2.05, 4.69) is 20.6 Å². The number of carboxylic acids is 1. The van der Waals surface area contributed by atoms with Crippen LogP contribution in [0.4, 0.5) is 0 Å². The summed E-state index contributed by atoms with van der Waals surface area (Å²) in [6.07, 6.45) is 2.13. The fourth-order valence-electron chi connectivity index (χ4n) is 4.10. The number of nitrogens with zero attached hydrogens (tertiary/aromatic N) is 4. The van der Waals surface area contributed by atoms with Crippen molar-refractivity contribution in [3.8, 4) is 28.2 Å². The fraction of sp³-hybridized carbons (Fsp3) is 0.200. The summed E-state index contributed by atoms with van der Waals surface area (Å²) in [6, 6.07) is 13.8. The summed E-state index contributed by atoms with van der Waals surface area (Å²) in [5, 5.41) is 23.7. The van der Waals surface area contributed by atoms with Crippen molar-refractivity contribution in [2.75, 3.05) is 0 Å². The smallest absolute Gasteiger partial charge is 0.336 e. The van der Waals surface area contributed by atoms with Gasteiger partial charge in [-0.15, -0.1) is 10.2 Å². The Morgan fingerprint density at radius 2 is 1.73 bits per heavy atom. The third-order valence-electron chi connectivity index (χ3n) is 5.87. The molecule has 0 atom stereocenters. The van der Waals surface area contributed by atoms with E-state index >= 15 is 0 Å². The molecule has 4 rings (SSSR count). The number of hydrogen-bond donors (Lipinski definition) is 3. The number of aromatic nitrogens is 5. The minimum Gasteiger partial charge on any atom is -0.478 e. The number of H-pyrrole nitrogens is 1. The number of nitrogens with one attached hydrogen (secondary N) is 1. The van der Waals surface area contributed by atoms with Crippen LogP contribution in [0.3, 0.4) is 0 Å². The van der Waals surface area contributed by atoms with Crippen molar-refractivity contribution in [1.29, 1.82) is 0 Å². The van der Waals surface area contributed by atoms with Crippen LogP contribution in [-0.4, -0.2) is 145 Å². The first kappa shape index (κ1) is 31.9. The molecule has 180 valence electrons. The van der Waals surface area contributed by atoms with Crippen LogP contribution < -0.4 is 11.3 Å². The Morgan fingerprint density at radius 3 is 2.32 bits per heavy atom. The number of carbonyl (C=O) groups is 2. The predicted molar refractivity (Wildman–Crippen MR) is 141 cm³/mol.